The highest BCUT2D eigenvalue weighted by Crippen LogP contribution is 2.39. The molecule has 1 N–H and O–H groups in total. The molecule has 31 heavy (non-hydrogen) atoms. The van der Waals surface area contributed by atoms with Crippen molar-refractivity contribution in [3.05, 3.63) is 58.2 Å². The van der Waals surface area contributed by atoms with Crippen molar-refractivity contribution < 1.29 is 25.3 Å². The van der Waals surface area contributed by atoms with E-state index in [4.69, 9.17) is 21.1 Å². The predicted molar refractivity (Wildman–Crippen MR) is 119 cm³/mol. The van der Waals surface area contributed by atoms with Crippen molar-refractivity contribution in [2.75, 3.05) is 26.9 Å². The van der Waals surface area contributed by atoms with E-state index in [2.05, 4.69) is 5.32 Å². The van der Waals surface area contributed by atoms with Crippen molar-refractivity contribution in [1.29, 1.82) is 0 Å². The fourth-order valence-corrected chi connectivity index (χ4v) is 4.16. The molecule has 1 aliphatic rings. The quantitative estimate of drug-likeness (QED) is 0.308. The number of hydrogen-bond acceptors (Lipinski definition) is 5. The van der Waals surface area contributed by atoms with Gasteiger partial charge in [-0.25, -0.2) is 0 Å². The van der Waals surface area contributed by atoms with E-state index in [1.54, 1.807) is 31.4 Å². The van der Waals surface area contributed by atoms with E-state index in [1.165, 1.54) is 0 Å². The van der Waals surface area contributed by atoms with Gasteiger partial charge in [0.25, 0.3) is 11.8 Å². The fraction of sp³-hybridized carbons (Fsp3) is 0.261. The summed E-state index contributed by atoms with van der Waals surface area (Å²) < 4.78 is 12.3. The number of aldehydes is 1. The molecule has 0 saturated heterocycles. The zero-order chi connectivity index (χ0) is 22.0. The van der Waals surface area contributed by atoms with Crippen molar-refractivity contribution in [2.24, 2.45) is 0 Å². The van der Waals surface area contributed by atoms with E-state index in [1.807, 2.05) is 16.7 Å². The Morgan fingerprint density at radius 2 is 1.84 bits per heavy atom. The minimum Gasteiger partial charge on any atom is -0.382 e. The SMILES string of the molecule is COCCOCCCn1c(C=O)cc2c3c(c(-c4ccccc4Cl)cc21)C(=O)NC3=O.[HH]. The van der Waals surface area contributed by atoms with Crippen LogP contribution in [0.2, 0.25) is 5.02 Å². The fourth-order valence-electron chi connectivity index (χ4n) is 3.93. The molecule has 0 spiro atoms. The Morgan fingerprint density at radius 1 is 1.06 bits per heavy atom. The zero-order valence-electron chi connectivity index (χ0n) is 16.9. The zero-order valence-corrected chi connectivity index (χ0v) is 17.7. The molecule has 0 unspecified atom stereocenters. The van der Waals surface area contributed by atoms with Crippen molar-refractivity contribution >= 4 is 40.6 Å². The molecule has 2 amide bonds. The van der Waals surface area contributed by atoms with Crippen LogP contribution in [0.5, 0.6) is 0 Å². The highest BCUT2D eigenvalue weighted by molar-refractivity contribution is 6.35. The number of imide groups is 1. The molecule has 1 aliphatic heterocycles. The minimum atomic E-state index is -0.476. The highest BCUT2D eigenvalue weighted by atomic mass is 35.5. The molecule has 4 rings (SSSR count). The third-order valence-corrected chi connectivity index (χ3v) is 5.64. The van der Waals surface area contributed by atoms with Gasteiger partial charge in [-0.3, -0.25) is 19.7 Å². The van der Waals surface area contributed by atoms with Crippen LogP contribution in [0.1, 0.15) is 39.1 Å². The summed E-state index contributed by atoms with van der Waals surface area (Å²) in [7, 11) is 1.61. The van der Waals surface area contributed by atoms with Gasteiger partial charge in [-0.1, -0.05) is 29.8 Å². The number of carbonyl (C=O) groups excluding carboxylic acids is 3. The largest absolute Gasteiger partial charge is 0.382 e. The van der Waals surface area contributed by atoms with Gasteiger partial charge in [-0.15, -0.1) is 0 Å². The summed E-state index contributed by atoms with van der Waals surface area (Å²) in [5.74, 6) is -0.944. The molecule has 2 aromatic carbocycles. The first-order valence-electron chi connectivity index (χ1n) is 9.89. The van der Waals surface area contributed by atoms with E-state index in [-0.39, 0.29) is 12.6 Å². The molecular formula is C23H23ClN2O5. The number of amides is 2. The van der Waals surface area contributed by atoms with Gasteiger partial charge in [0.15, 0.2) is 6.29 Å². The van der Waals surface area contributed by atoms with Crippen molar-refractivity contribution in [2.45, 2.75) is 13.0 Å². The van der Waals surface area contributed by atoms with E-state index in [0.717, 1.165) is 6.29 Å². The molecular weight excluding hydrogens is 420 g/mol. The molecule has 8 heteroatoms. The lowest BCUT2D eigenvalue weighted by Crippen LogP contribution is -2.20. The molecule has 3 aromatic rings. The van der Waals surface area contributed by atoms with Gasteiger partial charge in [-0.05, 0) is 30.2 Å². The molecule has 0 bridgehead atoms. The minimum absolute atomic E-state index is 0. The Kier molecular flexibility index (Phi) is 6.18. The standard InChI is InChI=1S/C23H21ClN2O5.H2/c1-30-9-10-31-8-4-7-26-14(13-27)11-17-19(26)12-16(15-5-2-3-6-18(15)24)20-21(17)23(29)25-22(20)28;/h2-3,5-6,11-13H,4,7-10H2,1H3,(H,25,28,29);1H. The topological polar surface area (TPSA) is 86.6 Å². The summed E-state index contributed by atoms with van der Waals surface area (Å²) in [5.41, 5.74) is 2.88. The van der Waals surface area contributed by atoms with E-state index < -0.39 is 11.8 Å². The van der Waals surface area contributed by atoms with Gasteiger partial charge in [0.2, 0.25) is 0 Å². The van der Waals surface area contributed by atoms with Crippen LogP contribution < -0.4 is 5.32 Å². The molecule has 0 saturated carbocycles. The van der Waals surface area contributed by atoms with E-state index in [9.17, 15) is 14.4 Å². The Labute approximate surface area is 185 Å². The van der Waals surface area contributed by atoms with Crippen molar-refractivity contribution in [3.8, 4) is 11.1 Å². The second kappa shape index (κ2) is 9.01. The molecule has 0 fully saturated rings. The summed E-state index contributed by atoms with van der Waals surface area (Å²) >= 11 is 6.41. The summed E-state index contributed by atoms with van der Waals surface area (Å²) in [4.78, 5) is 37.0. The molecule has 0 aliphatic carbocycles. The second-order valence-electron chi connectivity index (χ2n) is 7.17. The third-order valence-electron chi connectivity index (χ3n) is 5.31. The maximum Gasteiger partial charge on any atom is 0.259 e. The van der Waals surface area contributed by atoms with Crippen LogP contribution in [0.15, 0.2) is 36.4 Å². The summed E-state index contributed by atoms with van der Waals surface area (Å²) in [6, 6.07) is 10.6. The molecule has 162 valence electrons. The van der Waals surface area contributed by atoms with Crippen LogP contribution in [-0.4, -0.2) is 49.6 Å². The number of hydrogen-bond donors (Lipinski definition) is 1. The number of aromatic nitrogens is 1. The number of nitrogens with one attached hydrogen (secondary N) is 1. The molecule has 0 atom stereocenters. The Bertz CT molecular complexity index is 1190. The van der Waals surface area contributed by atoms with Crippen LogP contribution in [0.3, 0.4) is 0 Å². The highest BCUT2D eigenvalue weighted by Gasteiger charge is 2.34. The number of aryl methyl sites for hydroxylation is 1. The second-order valence-corrected chi connectivity index (χ2v) is 7.57. The van der Waals surface area contributed by atoms with Gasteiger partial charge in [0.1, 0.15) is 0 Å². The maximum absolute atomic E-state index is 12.6. The summed E-state index contributed by atoms with van der Waals surface area (Å²) in [6.45, 7) is 2.03. The first-order chi connectivity index (χ1) is 15.1. The lowest BCUT2D eigenvalue weighted by atomic mass is 9.94. The number of rotatable bonds is 9. The van der Waals surface area contributed by atoms with Crippen LogP contribution in [0.4, 0.5) is 0 Å². The monoisotopic (exact) mass is 442 g/mol. The number of benzene rings is 2. The number of halogens is 1. The predicted octanol–water partition coefficient (Wildman–Crippen LogP) is 3.96. The molecule has 1 aromatic heterocycles. The van der Waals surface area contributed by atoms with Gasteiger partial charge >= 0.3 is 0 Å². The summed E-state index contributed by atoms with van der Waals surface area (Å²) in [6.07, 6.45) is 1.42. The molecule has 0 radical (unpaired) electrons. The Morgan fingerprint density at radius 3 is 2.58 bits per heavy atom. The smallest absolute Gasteiger partial charge is 0.259 e. The lowest BCUT2D eigenvalue weighted by Gasteiger charge is -2.13. The van der Waals surface area contributed by atoms with Crippen LogP contribution >= 0.6 is 11.6 Å². The van der Waals surface area contributed by atoms with Crippen molar-refractivity contribution in [1.82, 2.24) is 9.88 Å². The van der Waals surface area contributed by atoms with E-state index >= 15 is 0 Å². The Hall–Kier alpha value is -3.00. The van der Waals surface area contributed by atoms with Gasteiger partial charge in [-0.2, -0.15) is 0 Å². The number of ether oxygens (including phenoxy) is 2. The number of fused-ring (bicyclic) bond motifs is 3. The molecule has 7 nitrogen and oxygen atoms in total. The molecule has 2 heterocycles. The van der Waals surface area contributed by atoms with Crippen LogP contribution in [0, 0.1) is 0 Å². The Balaban J connectivity index is 0.00000289. The normalized spacial score (nSPS) is 13.0. The van der Waals surface area contributed by atoms with Crippen LogP contribution in [-0.2, 0) is 16.0 Å². The van der Waals surface area contributed by atoms with Gasteiger partial charge < -0.3 is 14.0 Å². The third kappa shape index (κ3) is 3.87. The van der Waals surface area contributed by atoms with Gasteiger partial charge in [0.05, 0.1) is 35.6 Å². The first-order valence-corrected chi connectivity index (χ1v) is 10.3. The number of methoxy groups -OCH3 is 1. The first kappa shape index (κ1) is 21.2. The average molecular weight is 443 g/mol. The summed E-state index contributed by atoms with van der Waals surface area (Å²) in [5, 5.41) is 3.41. The van der Waals surface area contributed by atoms with Crippen LogP contribution in [0.25, 0.3) is 22.0 Å². The van der Waals surface area contributed by atoms with E-state index in [0.29, 0.717) is 65.5 Å². The average Bonchev–Trinajstić information content (AvgIpc) is 3.27. The lowest BCUT2D eigenvalue weighted by molar-refractivity contribution is 0.0680. The maximum atomic E-state index is 12.6. The number of carbonyl (C=O) groups is 3. The van der Waals surface area contributed by atoms with Crippen molar-refractivity contribution in [3.63, 3.8) is 0 Å². The van der Waals surface area contributed by atoms with Gasteiger partial charge in [0, 0.05) is 37.7 Å². The number of nitrogens with zero attached hydrogens (tertiary/aromatic N) is 1.